The summed E-state index contributed by atoms with van der Waals surface area (Å²) in [5.41, 5.74) is 0.134. The van der Waals surface area contributed by atoms with E-state index in [9.17, 15) is 18.0 Å². The quantitative estimate of drug-likeness (QED) is 0.757. The number of likely N-dealkylation sites (N-methyl/N-ethyl adjacent to an activating group) is 2. The van der Waals surface area contributed by atoms with Gasteiger partial charge in [0.1, 0.15) is 5.75 Å². The van der Waals surface area contributed by atoms with Gasteiger partial charge in [-0.1, -0.05) is 0 Å². The van der Waals surface area contributed by atoms with Crippen LogP contribution >= 0.6 is 0 Å². The van der Waals surface area contributed by atoms with Gasteiger partial charge in [-0.3, -0.25) is 9.59 Å². The monoisotopic (exact) mass is 421 g/mol. The minimum absolute atomic E-state index is 0.0484. The molecule has 3 aliphatic heterocycles. The number of anilines is 1. The van der Waals surface area contributed by atoms with Gasteiger partial charge >= 0.3 is 0 Å². The van der Waals surface area contributed by atoms with Crippen molar-refractivity contribution in [2.24, 2.45) is 5.92 Å². The molecule has 3 aliphatic rings. The molecule has 1 aromatic rings. The highest BCUT2D eigenvalue weighted by Gasteiger charge is 2.48. The number of ether oxygens (including phenoxy) is 1. The molecule has 2 saturated heterocycles. The Labute approximate surface area is 171 Å². The number of piperidine rings is 1. The van der Waals surface area contributed by atoms with Crippen LogP contribution < -0.4 is 15.0 Å². The molecule has 0 aliphatic carbocycles. The van der Waals surface area contributed by atoms with Crippen LogP contribution in [0.4, 0.5) is 5.69 Å². The maximum Gasteiger partial charge on any atom is 0.270 e. The topological polar surface area (TPSA) is 96.0 Å². The molecule has 0 spiro atoms. The fraction of sp³-hybridized carbons (Fsp3) is 0.600. The molecule has 8 nitrogen and oxygen atoms in total. The normalized spacial score (nSPS) is 28.8. The summed E-state index contributed by atoms with van der Waals surface area (Å²) in [6, 6.07) is 2.88. The minimum Gasteiger partial charge on any atom is -0.476 e. The summed E-state index contributed by atoms with van der Waals surface area (Å²) in [7, 11) is -0.104. The number of rotatable bonds is 2. The SMILES string of the molecule is CN1CC(c2cc(S(C)(=O)=O)cc3c2OC(C)(C)C(=O)N3C)C2CCNC2C1=O. The Morgan fingerprint density at radius 3 is 2.55 bits per heavy atom. The van der Waals surface area contributed by atoms with Gasteiger partial charge < -0.3 is 19.9 Å². The zero-order chi connectivity index (χ0) is 21.3. The lowest BCUT2D eigenvalue weighted by Gasteiger charge is -2.42. The molecule has 2 fully saturated rings. The first kappa shape index (κ1) is 20.2. The van der Waals surface area contributed by atoms with E-state index < -0.39 is 15.4 Å². The molecule has 0 bridgehead atoms. The zero-order valence-electron chi connectivity index (χ0n) is 17.4. The van der Waals surface area contributed by atoms with Crippen LogP contribution in [0.5, 0.6) is 5.75 Å². The van der Waals surface area contributed by atoms with Crippen LogP contribution in [-0.4, -0.2) is 70.2 Å². The number of sulfone groups is 1. The smallest absolute Gasteiger partial charge is 0.270 e. The van der Waals surface area contributed by atoms with Crippen LogP contribution in [0.2, 0.25) is 0 Å². The van der Waals surface area contributed by atoms with Gasteiger partial charge in [-0.25, -0.2) is 8.42 Å². The van der Waals surface area contributed by atoms with Crippen molar-refractivity contribution in [3.8, 4) is 5.75 Å². The molecule has 0 aromatic heterocycles. The summed E-state index contributed by atoms with van der Waals surface area (Å²) in [6.45, 7) is 4.63. The van der Waals surface area contributed by atoms with Gasteiger partial charge in [0.2, 0.25) is 5.91 Å². The van der Waals surface area contributed by atoms with Crippen LogP contribution in [0.15, 0.2) is 17.0 Å². The lowest BCUT2D eigenvalue weighted by molar-refractivity contribution is -0.136. The third-order valence-electron chi connectivity index (χ3n) is 6.34. The average Bonchev–Trinajstić information content (AvgIpc) is 3.11. The van der Waals surface area contributed by atoms with E-state index in [0.717, 1.165) is 24.8 Å². The molecular weight excluding hydrogens is 394 g/mol. The van der Waals surface area contributed by atoms with E-state index in [1.54, 1.807) is 38.9 Å². The van der Waals surface area contributed by atoms with E-state index >= 15 is 0 Å². The fourth-order valence-electron chi connectivity index (χ4n) is 4.78. The maximum atomic E-state index is 12.7. The van der Waals surface area contributed by atoms with Crippen LogP contribution in [0, 0.1) is 5.92 Å². The zero-order valence-corrected chi connectivity index (χ0v) is 18.2. The van der Waals surface area contributed by atoms with E-state index in [1.165, 1.54) is 11.0 Å². The molecule has 3 unspecified atom stereocenters. The molecule has 0 radical (unpaired) electrons. The van der Waals surface area contributed by atoms with Crippen molar-refractivity contribution >= 4 is 27.3 Å². The Bertz CT molecular complexity index is 1000. The van der Waals surface area contributed by atoms with Gasteiger partial charge in [0, 0.05) is 38.4 Å². The Balaban J connectivity index is 1.93. The van der Waals surface area contributed by atoms with E-state index in [2.05, 4.69) is 5.32 Å². The molecule has 4 rings (SSSR count). The predicted molar refractivity (Wildman–Crippen MR) is 108 cm³/mol. The molecule has 0 saturated carbocycles. The van der Waals surface area contributed by atoms with Crippen LogP contribution in [-0.2, 0) is 19.4 Å². The number of benzene rings is 1. The summed E-state index contributed by atoms with van der Waals surface area (Å²) in [4.78, 5) is 28.6. The number of nitrogens with zero attached hydrogens (tertiary/aromatic N) is 2. The second-order valence-corrected chi connectivity index (χ2v) is 10.8. The summed E-state index contributed by atoms with van der Waals surface area (Å²) in [5.74, 6) is 0.309. The maximum absolute atomic E-state index is 12.7. The first-order valence-corrected chi connectivity index (χ1v) is 11.6. The first-order valence-electron chi connectivity index (χ1n) is 9.75. The van der Waals surface area contributed by atoms with Crippen molar-refractivity contribution < 1.29 is 22.7 Å². The van der Waals surface area contributed by atoms with Gasteiger partial charge in [-0.05, 0) is 44.9 Å². The summed E-state index contributed by atoms with van der Waals surface area (Å²) >= 11 is 0. The standard InChI is InChI=1S/C20H27N3O5S/c1-20(2)19(25)23(4)15-9-11(29(5,26)27)8-13(17(15)28-20)14-10-22(3)18(24)16-12(14)6-7-21-16/h8-9,12,14,16,21H,6-7,10H2,1-5H3. The van der Waals surface area contributed by atoms with Crippen molar-refractivity contribution in [2.45, 2.75) is 42.7 Å². The number of hydrogen-bond acceptors (Lipinski definition) is 6. The highest BCUT2D eigenvalue weighted by atomic mass is 32.2. The number of carbonyl (C=O) groups is 2. The lowest BCUT2D eigenvalue weighted by Crippen LogP contribution is -2.54. The third kappa shape index (κ3) is 3.11. The summed E-state index contributed by atoms with van der Waals surface area (Å²) in [5, 5.41) is 3.28. The second kappa shape index (κ2) is 6.43. The molecule has 1 N–H and O–H groups in total. The highest BCUT2D eigenvalue weighted by molar-refractivity contribution is 7.90. The van der Waals surface area contributed by atoms with Crippen molar-refractivity contribution in [1.29, 1.82) is 0 Å². The van der Waals surface area contributed by atoms with Gasteiger partial charge in [0.25, 0.3) is 5.91 Å². The Morgan fingerprint density at radius 2 is 1.90 bits per heavy atom. The number of likely N-dealkylation sites (tertiary alicyclic amines) is 1. The molecule has 29 heavy (non-hydrogen) atoms. The van der Waals surface area contributed by atoms with Gasteiger partial charge in [0.05, 0.1) is 16.6 Å². The fourth-order valence-corrected chi connectivity index (χ4v) is 5.45. The number of amides is 2. The Kier molecular flexibility index (Phi) is 4.47. The van der Waals surface area contributed by atoms with Crippen LogP contribution in [0.3, 0.4) is 0 Å². The van der Waals surface area contributed by atoms with Crippen LogP contribution in [0.1, 0.15) is 31.7 Å². The number of nitrogens with one attached hydrogen (secondary N) is 1. The largest absolute Gasteiger partial charge is 0.476 e. The predicted octanol–water partition coefficient (Wildman–Crippen LogP) is 0.758. The molecular formula is C20H27N3O5S. The second-order valence-electron chi connectivity index (χ2n) is 8.82. The van der Waals surface area contributed by atoms with Gasteiger partial charge in [-0.15, -0.1) is 0 Å². The third-order valence-corrected chi connectivity index (χ3v) is 7.43. The Morgan fingerprint density at radius 1 is 1.21 bits per heavy atom. The van der Waals surface area contributed by atoms with E-state index in [4.69, 9.17) is 4.74 Å². The van der Waals surface area contributed by atoms with Crippen molar-refractivity contribution in [3.05, 3.63) is 17.7 Å². The first-order chi connectivity index (χ1) is 13.4. The number of carbonyl (C=O) groups excluding carboxylic acids is 2. The van der Waals surface area contributed by atoms with E-state index in [-0.39, 0.29) is 34.6 Å². The summed E-state index contributed by atoms with van der Waals surface area (Å²) < 4.78 is 30.9. The summed E-state index contributed by atoms with van der Waals surface area (Å²) in [6.07, 6.45) is 1.98. The molecule has 2 amide bonds. The van der Waals surface area contributed by atoms with Gasteiger partial charge in [-0.2, -0.15) is 0 Å². The molecule has 3 atom stereocenters. The Hall–Kier alpha value is -2.13. The number of hydrogen-bond donors (Lipinski definition) is 1. The van der Waals surface area contributed by atoms with E-state index in [1.807, 2.05) is 0 Å². The van der Waals surface area contributed by atoms with Crippen molar-refractivity contribution in [2.75, 3.05) is 38.3 Å². The van der Waals surface area contributed by atoms with Crippen LogP contribution in [0.25, 0.3) is 0 Å². The molecule has 9 heteroatoms. The van der Waals surface area contributed by atoms with Crippen molar-refractivity contribution in [3.63, 3.8) is 0 Å². The average molecular weight is 422 g/mol. The van der Waals surface area contributed by atoms with Crippen molar-refractivity contribution in [1.82, 2.24) is 10.2 Å². The minimum atomic E-state index is -3.50. The number of fused-ring (bicyclic) bond motifs is 2. The molecule has 1 aromatic carbocycles. The highest BCUT2D eigenvalue weighted by Crippen LogP contribution is 2.48. The lowest BCUT2D eigenvalue weighted by atomic mass is 9.77. The van der Waals surface area contributed by atoms with Gasteiger partial charge in [0.15, 0.2) is 15.4 Å². The molecule has 158 valence electrons. The van der Waals surface area contributed by atoms with E-state index in [0.29, 0.717) is 18.0 Å². The molecule has 3 heterocycles.